The lowest BCUT2D eigenvalue weighted by atomic mass is 10.0. The van der Waals surface area contributed by atoms with E-state index in [-0.39, 0.29) is 0 Å². The second kappa shape index (κ2) is 3.79. The lowest BCUT2D eigenvalue weighted by Crippen LogP contribution is -2.00. The monoisotopic (exact) mass is 198 g/mol. The molecule has 0 aliphatic carbocycles. The summed E-state index contributed by atoms with van der Waals surface area (Å²) in [5, 5.41) is -0.474. The van der Waals surface area contributed by atoms with Gasteiger partial charge in [0, 0.05) is 0 Å². The molecular weight excluding hydrogens is 188 g/mol. The van der Waals surface area contributed by atoms with E-state index in [2.05, 4.69) is 0 Å². The Morgan fingerprint density at radius 1 is 1.31 bits per heavy atom. The predicted octanol–water partition coefficient (Wildman–Crippen LogP) is 2.69. The quantitative estimate of drug-likeness (QED) is 0.683. The van der Waals surface area contributed by atoms with Crippen molar-refractivity contribution in [3.8, 4) is 5.75 Å². The van der Waals surface area contributed by atoms with Gasteiger partial charge in [0.15, 0.2) is 0 Å². The number of methoxy groups -OCH3 is 1. The molecule has 0 fully saturated rings. The van der Waals surface area contributed by atoms with Gasteiger partial charge in [0.1, 0.15) is 5.75 Å². The van der Waals surface area contributed by atoms with Crippen molar-refractivity contribution in [2.24, 2.45) is 0 Å². The van der Waals surface area contributed by atoms with E-state index in [1.165, 1.54) is 7.11 Å². The van der Waals surface area contributed by atoms with Gasteiger partial charge >= 0.3 is 0 Å². The van der Waals surface area contributed by atoms with E-state index in [4.69, 9.17) is 16.3 Å². The number of hydrogen-bond acceptors (Lipinski definition) is 2. The molecule has 0 aromatic heterocycles. The molecule has 0 spiro atoms. The Balaban J connectivity index is 3.43. The summed E-state index contributed by atoms with van der Waals surface area (Å²) < 4.78 is 5.11. The van der Waals surface area contributed by atoms with E-state index in [1.54, 1.807) is 0 Å². The van der Waals surface area contributed by atoms with Crippen molar-refractivity contribution in [2.75, 3.05) is 7.11 Å². The molecule has 0 aliphatic heterocycles. The molecule has 1 rings (SSSR count). The average Bonchev–Trinajstić information content (AvgIpc) is 2.07. The van der Waals surface area contributed by atoms with Gasteiger partial charge < -0.3 is 4.74 Å². The summed E-state index contributed by atoms with van der Waals surface area (Å²) in [5.74, 6) is 0.569. The maximum absolute atomic E-state index is 11.1. The topological polar surface area (TPSA) is 26.3 Å². The standard InChI is InChI=1S/C10H11ClO2/c1-6-4-5-7(2)9(13-3)8(6)10(11)12/h4-5H,1-3H3. The van der Waals surface area contributed by atoms with Gasteiger partial charge in [-0.15, -0.1) is 0 Å². The van der Waals surface area contributed by atoms with Gasteiger partial charge in [-0.3, -0.25) is 4.79 Å². The maximum atomic E-state index is 11.1. The third-order valence-corrected chi connectivity index (χ3v) is 2.15. The van der Waals surface area contributed by atoms with Crippen molar-refractivity contribution in [1.82, 2.24) is 0 Å². The first kappa shape index (κ1) is 10.1. The first-order chi connectivity index (χ1) is 6.07. The van der Waals surface area contributed by atoms with Gasteiger partial charge in [0.25, 0.3) is 5.24 Å². The fraction of sp³-hybridized carbons (Fsp3) is 0.300. The Bertz CT molecular complexity index is 345. The highest BCUT2D eigenvalue weighted by Crippen LogP contribution is 2.27. The van der Waals surface area contributed by atoms with Gasteiger partial charge in [-0.05, 0) is 36.6 Å². The predicted molar refractivity (Wildman–Crippen MR) is 52.7 cm³/mol. The second-order valence-corrected chi connectivity index (χ2v) is 3.22. The van der Waals surface area contributed by atoms with Gasteiger partial charge in [0.2, 0.25) is 0 Å². The van der Waals surface area contributed by atoms with E-state index >= 15 is 0 Å². The minimum absolute atomic E-state index is 0.462. The van der Waals surface area contributed by atoms with Crippen molar-refractivity contribution < 1.29 is 9.53 Å². The van der Waals surface area contributed by atoms with Crippen LogP contribution < -0.4 is 4.74 Å². The van der Waals surface area contributed by atoms with Crippen molar-refractivity contribution in [3.63, 3.8) is 0 Å². The maximum Gasteiger partial charge on any atom is 0.256 e. The third kappa shape index (κ3) is 1.83. The van der Waals surface area contributed by atoms with Crippen LogP contribution in [0.5, 0.6) is 5.75 Å². The van der Waals surface area contributed by atoms with Gasteiger partial charge in [-0.25, -0.2) is 0 Å². The zero-order valence-corrected chi connectivity index (χ0v) is 8.61. The summed E-state index contributed by atoms with van der Waals surface area (Å²) in [6, 6.07) is 3.75. The molecule has 70 valence electrons. The third-order valence-electron chi connectivity index (χ3n) is 1.96. The lowest BCUT2D eigenvalue weighted by Gasteiger charge is -2.10. The van der Waals surface area contributed by atoms with Gasteiger partial charge in [0.05, 0.1) is 12.7 Å². The van der Waals surface area contributed by atoms with E-state index in [1.807, 2.05) is 26.0 Å². The number of rotatable bonds is 2. The summed E-state index contributed by atoms with van der Waals surface area (Å²) in [5.41, 5.74) is 2.21. The molecule has 13 heavy (non-hydrogen) atoms. The zero-order chi connectivity index (χ0) is 10.0. The van der Waals surface area contributed by atoms with Crippen LogP contribution in [-0.2, 0) is 0 Å². The number of hydrogen-bond donors (Lipinski definition) is 0. The molecule has 2 nitrogen and oxygen atoms in total. The number of ether oxygens (including phenoxy) is 1. The number of carbonyl (C=O) groups excluding carboxylic acids is 1. The Morgan fingerprint density at radius 3 is 2.23 bits per heavy atom. The van der Waals surface area contributed by atoms with E-state index in [9.17, 15) is 4.79 Å². The fourth-order valence-corrected chi connectivity index (χ4v) is 1.53. The highest BCUT2D eigenvalue weighted by molar-refractivity contribution is 6.68. The van der Waals surface area contributed by atoms with Crippen molar-refractivity contribution in [1.29, 1.82) is 0 Å². The number of aryl methyl sites for hydroxylation is 2. The van der Waals surface area contributed by atoms with Gasteiger partial charge in [-0.1, -0.05) is 12.1 Å². The Morgan fingerprint density at radius 2 is 1.85 bits per heavy atom. The number of halogens is 1. The zero-order valence-electron chi connectivity index (χ0n) is 7.85. The lowest BCUT2D eigenvalue weighted by molar-refractivity contribution is 0.107. The summed E-state index contributed by atoms with van der Waals surface area (Å²) in [7, 11) is 1.53. The van der Waals surface area contributed by atoms with Crippen LogP contribution in [0, 0.1) is 13.8 Å². The van der Waals surface area contributed by atoms with Crippen LogP contribution >= 0.6 is 11.6 Å². The van der Waals surface area contributed by atoms with Crippen molar-refractivity contribution in [3.05, 3.63) is 28.8 Å². The molecular formula is C10H11ClO2. The molecule has 1 aromatic carbocycles. The van der Waals surface area contributed by atoms with Crippen LogP contribution in [0.15, 0.2) is 12.1 Å². The SMILES string of the molecule is COc1c(C)ccc(C)c1C(=O)Cl. The van der Waals surface area contributed by atoms with E-state index in [0.29, 0.717) is 11.3 Å². The molecule has 0 radical (unpaired) electrons. The largest absolute Gasteiger partial charge is 0.496 e. The first-order valence-electron chi connectivity index (χ1n) is 3.92. The highest BCUT2D eigenvalue weighted by atomic mass is 35.5. The van der Waals surface area contributed by atoms with Crippen LogP contribution in [-0.4, -0.2) is 12.4 Å². The fourth-order valence-electron chi connectivity index (χ4n) is 1.29. The summed E-state index contributed by atoms with van der Waals surface area (Å²) >= 11 is 5.45. The molecule has 3 heteroatoms. The summed E-state index contributed by atoms with van der Waals surface area (Å²) in [4.78, 5) is 11.1. The molecule has 0 amide bonds. The van der Waals surface area contributed by atoms with Crippen LogP contribution in [0.2, 0.25) is 0 Å². The average molecular weight is 199 g/mol. The van der Waals surface area contributed by atoms with Crippen LogP contribution in [0.1, 0.15) is 21.5 Å². The molecule has 0 aliphatic rings. The molecule has 0 saturated carbocycles. The molecule has 0 bridgehead atoms. The van der Waals surface area contributed by atoms with Crippen LogP contribution in [0.25, 0.3) is 0 Å². The van der Waals surface area contributed by atoms with Crippen LogP contribution in [0.4, 0.5) is 0 Å². The first-order valence-corrected chi connectivity index (χ1v) is 4.29. The molecule has 0 atom stereocenters. The molecule has 0 unspecified atom stereocenters. The molecule has 0 N–H and O–H groups in total. The normalized spacial score (nSPS) is 9.85. The minimum atomic E-state index is -0.474. The minimum Gasteiger partial charge on any atom is -0.496 e. The van der Waals surface area contributed by atoms with Crippen molar-refractivity contribution in [2.45, 2.75) is 13.8 Å². The van der Waals surface area contributed by atoms with Crippen LogP contribution in [0.3, 0.4) is 0 Å². The van der Waals surface area contributed by atoms with Gasteiger partial charge in [-0.2, -0.15) is 0 Å². The summed E-state index contributed by atoms with van der Waals surface area (Å²) in [6.45, 7) is 3.71. The van der Waals surface area contributed by atoms with E-state index < -0.39 is 5.24 Å². The number of carbonyl (C=O) groups is 1. The Labute approximate surface area is 82.5 Å². The Hall–Kier alpha value is -1.02. The van der Waals surface area contributed by atoms with E-state index in [0.717, 1.165) is 11.1 Å². The summed E-state index contributed by atoms with van der Waals surface area (Å²) in [6.07, 6.45) is 0. The Kier molecular flexibility index (Phi) is 2.94. The number of benzene rings is 1. The molecule has 1 aromatic rings. The molecule has 0 saturated heterocycles. The highest BCUT2D eigenvalue weighted by Gasteiger charge is 2.14. The molecule has 0 heterocycles. The van der Waals surface area contributed by atoms with Crippen molar-refractivity contribution >= 4 is 16.8 Å². The smallest absolute Gasteiger partial charge is 0.256 e. The second-order valence-electron chi connectivity index (χ2n) is 2.88.